The minimum Gasteiger partial charge on any atom is -0.394 e. The van der Waals surface area contributed by atoms with Gasteiger partial charge in [0, 0.05) is 22.3 Å². The maximum atomic E-state index is 13.2. The van der Waals surface area contributed by atoms with Crippen LogP contribution in [-0.2, 0) is 14.1 Å². The highest BCUT2D eigenvalue weighted by atomic mass is 31.0. The van der Waals surface area contributed by atoms with Crippen molar-refractivity contribution in [1.82, 2.24) is 0 Å². The first-order valence-corrected chi connectivity index (χ1v) is 19.5. The highest BCUT2D eigenvalue weighted by Gasteiger charge is 2.50. The lowest BCUT2D eigenvalue weighted by molar-refractivity contribution is -0.160. The van der Waals surface area contributed by atoms with E-state index in [0.717, 1.165) is 64.2 Å². The molecule has 6 heteroatoms. The smallest absolute Gasteiger partial charge is 0.215 e. The molecule has 0 saturated carbocycles. The minimum absolute atomic E-state index is 0.168. The predicted molar refractivity (Wildman–Crippen MR) is 196 cm³/mol. The molecule has 0 radical (unpaired) electrons. The van der Waals surface area contributed by atoms with Gasteiger partial charge in [-0.25, -0.2) is 0 Å². The molecule has 2 unspecified atom stereocenters. The summed E-state index contributed by atoms with van der Waals surface area (Å²) >= 11 is 0. The molecule has 264 valence electrons. The van der Waals surface area contributed by atoms with Gasteiger partial charge in [-0.05, 0) is 64.2 Å². The highest BCUT2D eigenvalue weighted by molar-refractivity contribution is 7.10. The topological polar surface area (TPSA) is 83.8 Å². The Labute approximate surface area is 281 Å². The summed E-state index contributed by atoms with van der Waals surface area (Å²) in [6, 6.07) is 0. The van der Waals surface area contributed by atoms with Crippen molar-refractivity contribution in [2.75, 3.05) is 6.61 Å². The Balaban J connectivity index is 4.15. The van der Waals surface area contributed by atoms with Crippen LogP contribution < -0.4 is 0 Å². The molecule has 5 nitrogen and oxygen atoms in total. The lowest BCUT2D eigenvalue weighted by Crippen LogP contribution is -2.57. The van der Waals surface area contributed by atoms with Crippen LogP contribution in [0.25, 0.3) is 0 Å². The third-order valence-electron chi connectivity index (χ3n) is 8.99. The number of allylic oxidation sites excluding steroid dienone is 4. The van der Waals surface area contributed by atoms with E-state index in [0.29, 0.717) is 12.8 Å². The Kier molecular flexibility index (Phi) is 32.4. The number of carbonyl (C=O) groups is 2. The van der Waals surface area contributed by atoms with Crippen LogP contribution >= 0.6 is 9.47 Å². The maximum absolute atomic E-state index is 13.2. The number of hydrogen-bond donors (Lipinski definition) is 2. The van der Waals surface area contributed by atoms with E-state index < -0.39 is 29.9 Å². The Hall–Kier alpha value is -0.870. The lowest BCUT2D eigenvalue weighted by Gasteiger charge is -2.33. The fourth-order valence-electron chi connectivity index (χ4n) is 5.95. The molecule has 0 spiro atoms. The van der Waals surface area contributed by atoms with Crippen molar-refractivity contribution in [3.63, 3.8) is 0 Å². The number of rotatable bonds is 35. The molecule has 0 aliphatic carbocycles. The van der Waals surface area contributed by atoms with Gasteiger partial charge in [0.25, 0.3) is 0 Å². The van der Waals surface area contributed by atoms with E-state index in [2.05, 4.69) is 38.2 Å². The minimum atomic E-state index is -1.99. The van der Waals surface area contributed by atoms with Crippen molar-refractivity contribution in [2.24, 2.45) is 0 Å². The van der Waals surface area contributed by atoms with Crippen LogP contribution in [0.3, 0.4) is 0 Å². The van der Waals surface area contributed by atoms with Gasteiger partial charge in [0.2, 0.25) is 5.60 Å². The molecule has 0 aliphatic heterocycles. The second kappa shape index (κ2) is 33.0. The lowest BCUT2D eigenvalue weighted by atomic mass is 9.82. The van der Waals surface area contributed by atoms with Gasteiger partial charge in [0.15, 0.2) is 11.6 Å². The summed E-state index contributed by atoms with van der Waals surface area (Å²) in [6.45, 7) is 3.81. The van der Waals surface area contributed by atoms with Crippen molar-refractivity contribution in [3.8, 4) is 0 Å². The monoisotopic (exact) mass is 653 g/mol. The van der Waals surface area contributed by atoms with Crippen molar-refractivity contribution < 1.29 is 24.3 Å². The van der Waals surface area contributed by atoms with Gasteiger partial charge in [0.05, 0.1) is 6.61 Å². The first-order chi connectivity index (χ1) is 22.0. The largest absolute Gasteiger partial charge is 0.394 e. The fourth-order valence-corrected chi connectivity index (χ4v) is 6.37. The van der Waals surface area contributed by atoms with E-state index in [4.69, 9.17) is 4.52 Å². The summed E-state index contributed by atoms with van der Waals surface area (Å²) in [7, 11) is 2.00. The molecular weight excluding hydrogens is 579 g/mol. The van der Waals surface area contributed by atoms with E-state index in [1.165, 1.54) is 89.9 Å². The standard InChI is InChI=1S/C39H73O5P/c1-3-5-7-9-11-13-15-17-19-21-23-25-27-29-31-33-36(41)39(44-45,38(43)35-40)37(42)34-32-30-28-26-24-22-20-18-16-14-12-10-8-6-4-2/h17-20,38,40,43H,3-16,21-35,45H2,1-2H3. The molecule has 0 bridgehead atoms. The maximum Gasteiger partial charge on any atom is 0.215 e. The van der Waals surface area contributed by atoms with Crippen LogP contribution in [0, 0.1) is 0 Å². The molecule has 0 aromatic heterocycles. The average molecular weight is 653 g/mol. The van der Waals surface area contributed by atoms with E-state index in [1.807, 2.05) is 9.47 Å². The number of Topliss-reactive ketones (excluding diaryl/α,β-unsaturated/α-hetero) is 2. The Morgan fingerprint density at radius 2 is 0.844 bits per heavy atom. The SMILES string of the molecule is CCCCCCCCC=CCCCCCCCC(=O)C(OP)(C(=O)CCCCCCCC=CCCCCCCCC)C(O)CO. The van der Waals surface area contributed by atoms with Gasteiger partial charge in [0.1, 0.15) is 6.10 Å². The fraction of sp³-hybridized carbons (Fsp3) is 0.846. The normalized spacial score (nSPS) is 14.0. The zero-order valence-corrected chi connectivity index (χ0v) is 30.7. The first-order valence-electron chi connectivity index (χ1n) is 19.0. The molecule has 0 rings (SSSR count). The van der Waals surface area contributed by atoms with Crippen molar-refractivity contribution >= 4 is 21.0 Å². The zero-order chi connectivity index (χ0) is 33.3. The Morgan fingerprint density at radius 3 is 1.13 bits per heavy atom. The van der Waals surface area contributed by atoms with Crippen LogP contribution in [-0.4, -0.2) is 40.1 Å². The molecular formula is C39H73O5P. The second-order valence-corrected chi connectivity index (χ2v) is 13.3. The van der Waals surface area contributed by atoms with Gasteiger partial charge in [-0.3, -0.25) is 9.59 Å². The van der Waals surface area contributed by atoms with Crippen molar-refractivity contribution in [2.45, 2.75) is 205 Å². The number of carbonyl (C=O) groups excluding carboxylic acids is 2. The number of hydrogen-bond acceptors (Lipinski definition) is 5. The van der Waals surface area contributed by atoms with Crippen molar-refractivity contribution in [3.05, 3.63) is 24.3 Å². The molecule has 2 N–H and O–H groups in total. The molecule has 0 aliphatic rings. The molecule has 0 aromatic rings. The van der Waals surface area contributed by atoms with Crippen molar-refractivity contribution in [1.29, 1.82) is 0 Å². The van der Waals surface area contributed by atoms with Gasteiger partial charge in [-0.2, -0.15) is 0 Å². The second-order valence-electron chi connectivity index (χ2n) is 13.1. The summed E-state index contributed by atoms with van der Waals surface area (Å²) < 4.78 is 5.36. The number of aliphatic hydroxyl groups is 2. The first kappa shape index (κ1) is 44.1. The van der Waals surface area contributed by atoms with E-state index in [-0.39, 0.29) is 12.8 Å². The molecule has 0 fully saturated rings. The number of unbranched alkanes of at least 4 members (excludes halogenated alkanes) is 22. The van der Waals surface area contributed by atoms with Gasteiger partial charge in [-0.1, -0.05) is 141 Å². The predicted octanol–water partition coefficient (Wildman–Crippen LogP) is 11.1. The van der Waals surface area contributed by atoms with Crippen LogP contribution in [0.5, 0.6) is 0 Å². The third kappa shape index (κ3) is 23.2. The zero-order valence-electron chi connectivity index (χ0n) is 29.6. The summed E-state index contributed by atoms with van der Waals surface area (Å²) in [4.78, 5) is 26.4. The molecule has 0 aromatic carbocycles. The summed E-state index contributed by atoms with van der Waals surface area (Å²) in [5.74, 6) is -0.844. The van der Waals surface area contributed by atoms with Crippen LogP contribution in [0.15, 0.2) is 24.3 Å². The molecule has 2 atom stereocenters. The molecule has 0 saturated heterocycles. The molecule has 0 amide bonds. The third-order valence-corrected chi connectivity index (χ3v) is 9.36. The Morgan fingerprint density at radius 1 is 0.556 bits per heavy atom. The van der Waals surface area contributed by atoms with Gasteiger partial charge >= 0.3 is 0 Å². The van der Waals surface area contributed by atoms with E-state index in [9.17, 15) is 19.8 Å². The summed E-state index contributed by atoms with van der Waals surface area (Å²) in [6.07, 6.45) is 38.4. The summed E-state index contributed by atoms with van der Waals surface area (Å²) in [5.41, 5.74) is -1.99. The van der Waals surface area contributed by atoms with E-state index >= 15 is 0 Å². The highest BCUT2D eigenvalue weighted by Crippen LogP contribution is 2.28. The van der Waals surface area contributed by atoms with Gasteiger partial charge in [-0.15, -0.1) is 0 Å². The quantitative estimate of drug-likeness (QED) is 0.0308. The molecule has 0 heterocycles. The summed E-state index contributed by atoms with van der Waals surface area (Å²) in [5, 5.41) is 20.2. The van der Waals surface area contributed by atoms with Crippen LogP contribution in [0.1, 0.15) is 194 Å². The Bertz CT molecular complexity index is 683. The van der Waals surface area contributed by atoms with E-state index in [1.54, 1.807) is 0 Å². The number of aliphatic hydroxyl groups excluding tert-OH is 2. The van der Waals surface area contributed by atoms with Crippen LogP contribution in [0.2, 0.25) is 0 Å². The number of ketones is 2. The molecule has 45 heavy (non-hydrogen) atoms. The average Bonchev–Trinajstić information content (AvgIpc) is 3.05. The van der Waals surface area contributed by atoms with Crippen LogP contribution in [0.4, 0.5) is 0 Å². The van der Waals surface area contributed by atoms with Gasteiger partial charge < -0.3 is 14.7 Å².